The molecule has 0 aliphatic heterocycles. The maximum absolute atomic E-state index is 13.0. The third kappa shape index (κ3) is 6.28. The minimum Gasteiger partial charge on any atom is -0.383 e. The standard InChI is InChI=1S/C18H22BrNO6S2/c1-3-27(21,22)26-17-6-4-5-15(13-17)14-20(11-12-25-2)28(23,24)18-9-7-16(19)8-10-18/h4-10,13H,3,11-12,14H2,1-2H3. The van der Waals surface area contributed by atoms with E-state index in [1.54, 1.807) is 24.3 Å². The summed E-state index contributed by atoms with van der Waals surface area (Å²) in [7, 11) is -5.94. The van der Waals surface area contributed by atoms with Gasteiger partial charge in [0.05, 0.1) is 17.3 Å². The first kappa shape index (κ1) is 22.8. The lowest BCUT2D eigenvalue weighted by atomic mass is 10.2. The van der Waals surface area contributed by atoms with E-state index < -0.39 is 20.1 Å². The Balaban J connectivity index is 2.30. The Hall–Kier alpha value is -1.46. The molecule has 0 unspecified atom stereocenters. The largest absolute Gasteiger partial charge is 0.383 e. The van der Waals surface area contributed by atoms with Gasteiger partial charge in [0, 0.05) is 24.7 Å². The highest BCUT2D eigenvalue weighted by Gasteiger charge is 2.24. The normalized spacial score (nSPS) is 12.3. The van der Waals surface area contributed by atoms with E-state index in [-0.39, 0.29) is 36.1 Å². The molecule has 0 N–H and O–H groups in total. The topological polar surface area (TPSA) is 90.0 Å². The highest BCUT2D eigenvalue weighted by molar-refractivity contribution is 9.10. The lowest BCUT2D eigenvalue weighted by Gasteiger charge is -2.22. The van der Waals surface area contributed by atoms with Crippen LogP contribution in [0, 0.1) is 0 Å². The van der Waals surface area contributed by atoms with E-state index in [4.69, 9.17) is 8.92 Å². The number of benzene rings is 2. The van der Waals surface area contributed by atoms with Crippen LogP contribution in [0.4, 0.5) is 0 Å². The van der Waals surface area contributed by atoms with E-state index in [1.165, 1.54) is 42.6 Å². The number of nitrogens with zero attached hydrogens (tertiary/aromatic N) is 1. The molecular weight excluding hydrogens is 470 g/mol. The van der Waals surface area contributed by atoms with Gasteiger partial charge in [0.15, 0.2) is 0 Å². The first-order valence-corrected chi connectivity index (χ1v) is 12.2. The fourth-order valence-corrected chi connectivity index (χ4v) is 4.53. The third-order valence-corrected chi connectivity index (χ3v) is 7.37. The Morgan fingerprint density at radius 2 is 1.71 bits per heavy atom. The average Bonchev–Trinajstić information content (AvgIpc) is 2.65. The minimum absolute atomic E-state index is 0.0468. The lowest BCUT2D eigenvalue weighted by Crippen LogP contribution is -2.33. The molecule has 0 heterocycles. The van der Waals surface area contributed by atoms with Gasteiger partial charge in [-0.05, 0) is 48.9 Å². The van der Waals surface area contributed by atoms with Crippen LogP contribution in [0.2, 0.25) is 0 Å². The van der Waals surface area contributed by atoms with E-state index in [1.807, 2.05) is 0 Å². The predicted molar refractivity (Wildman–Crippen MR) is 110 cm³/mol. The number of sulfonamides is 1. The monoisotopic (exact) mass is 491 g/mol. The van der Waals surface area contributed by atoms with Crippen LogP contribution in [0.3, 0.4) is 0 Å². The van der Waals surface area contributed by atoms with Crippen LogP contribution in [0.5, 0.6) is 5.75 Å². The molecule has 0 aliphatic carbocycles. The molecule has 0 spiro atoms. The van der Waals surface area contributed by atoms with Crippen LogP contribution in [0.1, 0.15) is 12.5 Å². The molecule has 0 aromatic heterocycles. The number of hydrogen-bond donors (Lipinski definition) is 0. The molecule has 0 atom stereocenters. The molecule has 0 fully saturated rings. The van der Waals surface area contributed by atoms with Gasteiger partial charge in [-0.1, -0.05) is 28.1 Å². The summed E-state index contributed by atoms with van der Waals surface area (Å²) in [5, 5.41) is 0. The molecule has 2 aromatic rings. The predicted octanol–water partition coefficient (Wildman–Crippen LogP) is 3.01. The molecule has 28 heavy (non-hydrogen) atoms. The molecule has 0 aliphatic rings. The zero-order chi connectivity index (χ0) is 20.8. The van der Waals surface area contributed by atoms with Crippen molar-refractivity contribution in [3.05, 3.63) is 58.6 Å². The number of hydrogen-bond acceptors (Lipinski definition) is 6. The maximum Gasteiger partial charge on any atom is 0.308 e. The minimum atomic E-state index is -3.77. The van der Waals surface area contributed by atoms with Crippen molar-refractivity contribution >= 4 is 36.1 Å². The van der Waals surface area contributed by atoms with E-state index in [0.717, 1.165) is 4.47 Å². The van der Waals surface area contributed by atoms with Gasteiger partial charge in [-0.15, -0.1) is 0 Å². The molecule has 0 saturated carbocycles. The maximum atomic E-state index is 13.0. The van der Waals surface area contributed by atoms with Crippen molar-refractivity contribution in [3.8, 4) is 5.75 Å². The zero-order valence-corrected chi connectivity index (χ0v) is 18.8. The number of methoxy groups -OCH3 is 1. The quantitative estimate of drug-likeness (QED) is 0.474. The van der Waals surface area contributed by atoms with Gasteiger partial charge in [0.25, 0.3) is 0 Å². The summed E-state index contributed by atoms with van der Waals surface area (Å²) in [5.41, 5.74) is 0.598. The summed E-state index contributed by atoms with van der Waals surface area (Å²) >= 11 is 3.29. The molecule has 0 radical (unpaired) electrons. The van der Waals surface area contributed by atoms with Crippen molar-refractivity contribution in [2.75, 3.05) is 26.0 Å². The first-order chi connectivity index (χ1) is 13.2. The summed E-state index contributed by atoms with van der Waals surface area (Å²) in [6.07, 6.45) is 0. The lowest BCUT2D eigenvalue weighted by molar-refractivity contribution is 0.177. The van der Waals surface area contributed by atoms with E-state index >= 15 is 0 Å². The summed E-state index contributed by atoms with van der Waals surface area (Å²) in [5.74, 6) is -0.0122. The van der Waals surface area contributed by atoms with Gasteiger partial charge < -0.3 is 8.92 Å². The van der Waals surface area contributed by atoms with Crippen molar-refractivity contribution in [2.24, 2.45) is 0 Å². The van der Waals surface area contributed by atoms with Crippen LogP contribution in [-0.2, 0) is 31.4 Å². The Morgan fingerprint density at radius 3 is 2.32 bits per heavy atom. The third-order valence-electron chi connectivity index (χ3n) is 3.83. The van der Waals surface area contributed by atoms with Gasteiger partial charge in [0.2, 0.25) is 10.0 Å². The summed E-state index contributed by atoms with van der Waals surface area (Å²) in [6.45, 7) is 1.89. The highest BCUT2D eigenvalue weighted by atomic mass is 79.9. The summed E-state index contributed by atoms with van der Waals surface area (Å²) in [4.78, 5) is 0.160. The molecule has 0 amide bonds. The van der Waals surface area contributed by atoms with Gasteiger partial charge in [-0.2, -0.15) is 12.7 Å². The van der Waals surface area contributed by atoms with Crippen LogP contribution in [-0.4, -0.2) is 47.2 Å². The van der Waals surface area contributed by atoms with Gasteiger partial charge in [0.1, 0.15) is 5.75 Å². The number of ether oxygens (including phenoxy) is 1. The highest BCUT2D eigenvalue weighted by Crippen LogP contribution is 2.22. The van der Waals surface area contributed by atoms with E-state index in [9.17, 15) is 16.8 Å². The molecule has 10 heteroatoms. The fourth-order valence-electron chi connectivity index (χ4n) is 2.34. The second-order valence-corrected chi connectivity index (χ2v) is 10.6. The first-order valence-electron chi connectivity index (χ1n) is 8.43. The Labute approximate surface area is 174 Å². The van der Waals surface area contributed by atoms with Crippen molar-refractivity contribution < 1.29 is 25.8 Å². The average molecular weight is 492 g/mol. The molecule has 7 nitrogen and oxygen atoms in total. The second kappa shape index (κ2) is 9.84. The summed E-state index contributed by atoms with van der Waals surface area (Å²) in [6, 6.07) is 12.7. The van der Waals surface area contributed by atoms with Crippen LogP contribution < -0.4 is 4.18 Å². The van der Waals surface area contributed by atoms with Gasteiger partial charge in [-0.3, -0.25) is 0 Å². The molecule has 154 valence electrons. The van der Waals surface area contributed by atoms with Crippen molar-refractivity contribution in [1.82, 2.24) is 4.31 Å². The van der Waals surface area contributed by atoms with Crippen molar-refractivity contribution in [1.29, 1.82) is 0 Å². The number of rotatable bonds is 10. The van der Waals surface area contributed by atoms with E-state index in [0.29, 0.717) is 5.56 Å². The molecule has 2 aromatic carbocycles. The molecule has 0 bridgehead atoms. The fraction of sp³-hybridized carbons (Fsp3) is 0.333. The van der Waals surface area contributed by atoms with Gasteiger partial charge in [-0.25, -0.2) is 8.42 Å². The Morgan fingerprint density at radius 1 is 1.04 bits per heavy atom. The summed E-state index contributed by atoms with van der Waals surface area (Å²) < 4.78 is 61.5. The SMILES string of the molecule is CCS(=O)(=O)Oc1cccc(CN(CCOC)S(=O)(=O)c2ccc(Br)cc2)c1. The molecule has 0 saturated heterocycles. The number of halogens is 1. The smallest absolute Gasteiger partial charge is 0.308 e. The van der Waals surface area contributed by atoms with Crippen LogP contribution in [0.15, 0.2) is 57.9 Å². The molecule has 2 rings (SSSR count). The Bertz CT molecular complexity index is 991. The zero-order valence-electron chi connectivity index (χ0n) is 15.5. The Kier molecular flexibility index (Phi) is 8.02. The van der Waals surface area contributed by atoms with Crippen LogP contribution >= 0.6 is 15.9 Å². The van der Waals surface area contributed by atoms with Crippen molar-refractivity contribution in [2.45, 2.75) is 18.4 Å². The van der Waals surface area contributed by atoms with E-state index in [2.05, 4.69) is 15.9 Å². The second-order valence-electron chi connectivity index (χ2n) is 5.86. The van der Waals surface area contributed by atoms with Gasteiger partial charge >= 0.3 is 10.1 Å². The van der Waals surface area contributed by atoms with Crippen LogP contribution in [0.25, 0.3) is 0 Å². The van der Waals surface area contributed by atoms with Crippen molar-refractivity contribution in [3.63, 3.8) is 0 Å². The molecular formula is C18H22BrNO6S2.